The minimum atomic E-state index is -0.0129. The molecule has 1 aromatic heterocycles. The molecule has 0 bridgehead atoms. The van der Waals surface area contributed by atoms with Crippen molar-refractivity contribution in [2.24, 2.45) is 17.6 Å². The van der Waals surface area contributed by atoms with Crippen molar-refractivity contribution in [3.8, 4) is 5.69 Å². The molecule has 2 aromatic rings. The van der Waals surface area contributed by atoms with Gasteiger partial charge in [0.15, 0.2) is 0 Å². The maximum atomic E-state index is 12.6. The summed E-state index contributed by atoms with van der Waals surface area (Å²) in [5.74, 6) is 0.546. The van der Waals surface area contributed by atoms with E-state index in [-0.39, 0.29) is 17.9 Å². The molecule has 3 N–H and O–H groups in total. The van der Waals surface area contributed by atoms with Crippen molar-refractivity contribution < 1.29 is 4.79 Å². The number of nitrogens with zero attached hydrogens (tertiary/aromatic N) is 2. The van der Waals surface area contributed by atoms with Gasteiger partial charge in [-0.15, -0.1) is 0 Å². The molecule has 1 aliphatic rings. The molecule has 3 atom stereocenters. The van der Waals surface area contributed by atoms with Crippen molar-refractivity contribution >= 4 is 5.91 Å². The lowest BCUT2D eigenvalue weighted by Gasteiger charge is -2.21. The van der Waals surface area contributed by atoms with E-state index in [0.717, 1.165) is 41.9 Å². The van der Waals surface area contributed by atoms with Crippen molar-refractivity contribution in [3.63, 3.8) is 0 Å². The van der Waals surface area contributed by atoms with E-state index in [1.165, 1.54) is 0 Å². The van der Waals surface area contributed by atoms with Crippen LogP contribution in [0.15, 0.2) is 30.3 Å². The van der Waals surface area contributed by atoms with Gasteiger partial charge >= 0.3 is 0 Å². The predicted octanol–water partition coefficient (Wildman–Crippen LogP) is 3.04. The number of amides is 1. The van der Waals surface area contributed by atoms with Crippen molar-refractivity contribution in [3.05, 3.63) is 47.3 Å². The molecule has 0 spiro atoms. The van der Waals surface area contributed by atoms with Crippen LogP contribution in [-0.2, 0) is 4.79 Å². The molecule has 134 valence electrons. The third-order valence-electron chi connectivity index (χ3n) is 5.30. The van der Waals surface area contributed by atoms with Gasteiger partial charge in [0.25, 0.3) is 0 Å². The van der Waals surface area contributed by atoms with Gasteiger partial charge in [0.1, 0.15) is 0 Å². The van der Waals surface area contributed by atoms with Gasteiger partial charge in [-0.1, -0.05) is 18.6 Å². The van der Waals surface area contributed by atoms with Crippen molar-refractivity contribution in [2.45, 2.75) is 46.1 Å². The smallest absolute Gasteiger partial charge is 0.223 e. The summed E-state index contributed by atoms with van der Waals surface area (Å²) < 4.78 is 1.94. The van der Waals surface area contributed by atoms with E-state index in [0.29, 0.717) is 12.5 Å². The number of nitrogens with one attached hydrogen (secondary N) is 1. The van der Waals surface area contributed by atoms with Crippen LogP contribution < -0.4 is 11.1 Å². The SMILES string of the molecule is Cc1cc(C)n(-c2ccc(C(C)NC(=O)[C@@H]3CCC[C@@H]3CN)cc2)n1. The average molecular weight is 340 g/mol. The van der Waals surface area contributed by atoms with Crippen molar-refractivity contribution in [1.29, 1.82) is 0 Å². The maximum absolute atomic E-state index is 12.6. The highest BCUT2D eigenvalue weighted by Gasteiger charge is 2.32. The fraction of sp³-hybridized carbons (Fsp3) is 0.500. The minimum Gasteiger partial charge on any atom is -0.349 e. The second-order valence-corrected chi connectivity index (χ2v) is 7.19. The van der Waals surface area contributed by atoms with Gasteiger partial charge in [-0.2, -0.15) is 5.10 Å². The van der Waals surface area contributed by atoms with E-state index in [4.69, 9.17) is 5.73 Å². The molecule has 5 heteroatoms. The van der Waals surface area contributed by atoms with E-state index in [1.807, 2.05) is 25.5 Å². The summed E-state index contributed by atoms with van der Waals surface area (Å²) in [6, 6.07) is 10.3. The second kappa shape index (κ2) is 7.40. The summed E-state index contributed by atoms with van der Waals surface area (Å²) in [4.78, 5) is 12.6. The maximum Gasteiger partial charge on any atom is 0.223 e. The van der Waals surface area contributed by atoms with E-state index >= 15 is 0 Å². The van der Waals surface area contributed by atoms with Gasteiger partial charge in [-0.25, -0.2) is 4.68 Å². The van der Waals surface area contributed by atoms with Crippen LogP contribution in [0.25, 0.3) is 5.69 Å². The minimum absolute atomic E-state index is 0.0129. The number of benzene rings is 1. The number of carbonyl (C=O) groups is 1. The molecule has 1 heterocycles. The van der Waals surface area contributed by atoms with Crippen molar-refractivity contribution in [1.82, 2.24) is 15.1 Å². The van der Waals surface area contributed by atoms with Gasteiger partial charge < -0.3 is 11.1 Å². The molecule has 0 aliphatic heterocycles. The fourth-order valence-electron chi connectivity index (χ4n) is 3.86. The van der Waals surface area contributed by atoms with E-state index in [1.54, 1.807) is 0 Å². The Hall–Kier alpha value is -2.14. The van der Waals surface area contributed by atoms with Gasteiger partial charge in [-0.05, 0) is 69.8 Å². The van der Waals surface area contributed by atoms with Gasteiger partial charge in [0, 0.05) is 11.6 Å². The number of hydrogen-bond acceptors (Lipinski definition) is 3. The average Bonchev–Trinajstić information content (AvgIpc) is 3.20. The first-order valence-electron chi connectivity index (χ1n) is 9.13. The summed E-state index contributed by atoms with van der Waals surface area (Å²) >= 11 is 0. The highest BCUT2D eigenvalue weighted by atomic mass is 16.2. The summed E-state index contributed by atoms with van der Waals surface area (Å²) in [5, 5.41) is 7.67. The Morgan fingerprint density at radius 3 is 2.64 bits per heavy atom. The van der Waals surface area contributed by atoms with Gasteiger partial charge in [0.2, 0.25) is 5.91 Å². The summed E-state index contributed by atoms with van der Waals surface area (Å²) in [7, 11) is 0. The Balaban J connectivity index is 1.67. The number of aromatic nitrogens is 2. The molecule has 0 radical (unpaired) electrons. The quantitative estimate of drug-likeness (QED) is 0.878. The van der Waals surface area contributed by atoms with Gasteiger partial charge in [-0.3, -0.25) is 4.79 Å². The number of aryl methyl sites for hydroxylation is 2. The molecule has 1 amide bonds. The molecule has 1 aliphatic carbocycles. The van der Waals surface area contributed by atoms with E-state index < -0.39 is 0 Å². The Labute approximate surface area is 149 Å². The lowest BCUT2D eigenvalue weighted by molar-refractivity contribution is -0.126. The molecule has 1 saturated carbocycles. The van der Waals surface area contributed by atoms with Crippen LogP contribution in [0, 0.1) is 25.7 Å². The zero-order chi connectivity index (χ0) is 18.0. The first kappa shape index (κ1) is 17.7. The van der Waals surface area contributed by atoms with E-state index in [2.05, 4.69) is 40.7 Å². The molecule has 5 nitrogen and oxygen atoms in total. The lowest BCUT2D eigenvalue weighted by atomic mass is 9.94. The largest absolute Gasteiger partial charge is 0.349 e. The number of rotatable bonds is 5. The zero-order valence-electron chi connectivity index (χ0n) is 15.3. The standard InChI is InChI=1S/C20H28N4O/c1-13-11-14(2)24(23-13)18-9-7-16(8-10-18)15(3)22-20(25)19-6-4-5-17(19)12-21/h7-11,15,17,19H,4-6,12,21H2,1-3H3,(H,22,25)/t15?,17-,19-/m1/s1. The van der Waals surface area contributed by atoms with E-state index in [9.17, 15) is 4.79 Å². The Morgan fingerprint density at radius 1 is 1.32 bits per heavy atom. The third kappa shape index (κ3) is 3.76. The van der Waals surface area contributed by atoms with Crippen LogP contribution >= 0.6 is 0 Å². The molecule has 0 saturated heterocycles. The zero-order valence-corrected chi connectivity index (χ0v) is 15.3. The number of hydrogen-bond donors (Lipinski definition) is 2. The first-order valence-corrected chi connectivity index (χ1v) is 9.13. The van der Waals surface area contributed by atoms with Crippen LogP contribution in [0.1, 0.15) is 49.2 Å². The van der Waals surface area contributed by atoms with Crippen LogP contribution in [0.5, 0.6) is 0 Å². The summed E-state index contributed by atoms with van der Waals surface area (Å²) in [6.45, 7) is 6.67. The van der Waals surface area contributed by atoms with Crippen LogP contribution in [-0.4, -0.2) is 22.2 Å². The molecule has 1 unspecified atom stereocenters. The third-order valence-corrected chi connectivity index (χ3v) is 5.30. The molecular formula is C20H28N4O. The Bertz CT molecular complexity index is 735. The van der Waals surface area contributed by atoms with Crippen LogP contribution in [0.2, 0.25) is 0 Å². The monoisotopic (exact) mass is 340 g/mol. The van der Waals surface area contributed by atoms with Crippen LogP contribution in [0.3, 0.4) is 0 Å². The topological polar surface area (TPSA) is 72.9 Å². The normalized spacial score (nSPS) is 21.3. The molecular weight excluding hydrogens is 312 g/mol. The lowest BCUT2D eigenvalue weighted by Crippen LogP contribution is -2.36. The Morgan fingerprint density at radius 2 is 2.04 bits per heavy atom. The first-order chi connectivity index (χ1) is 12.0. The second-order valence-electron chi connectivity index (χ2n) is 7.19. The molecule has 3 rings (SSSR count). The van der Waals surface area contributed by atoms with Crippen LogP contribution in [0.4, 0.5) is 0 Å². The predicted molar refractivity (Wildman–Crippen MR) is 99.5 cm³/mol. The highest BCUT2D eigenvalue weighted by molar-refractivity contribution is 5.79. The summed E-state index contributed by atoms with van der Waals surface area (Å²) in [5.41, 5.74) is 10.1. The molecule has 1 aromatic carbocycles. The highest BCUT2D eigenvalue weighted by Crippen LogP contribution is 2.31. The molecule has 1 fully saturated rings. The molecule has 25 heavy (non-hydrogen) atoms. The number of nitrogens with two attached hydrogens (primary N) is 1. The Kier molecular flexibility index (Phi) is 5.23. The fourth-order valence-corrected chi connectivity index (χ4v) is 3.86. The summed E-state index contributed by atoms with van der Waals surface area (Å²) in [6.07, 6.45) is 3.13. The van der Waals surface area contributed by atoms with Gasteiger partial charge in [0.05, 0.1) is 17.4 Å². The van der Waals surface area contributed by atoms with Crippen molar-refractivity contribution in [2.75, 3.05) is 6.54 Å². The number of carbonyl (C=O) groups excluding carboxylic acids is 1.